The zero-order chi connectivity index (χ0) is 16.5. The summed E-state index contributed by atoms with van der Waals surface area (Å²) in [4.78, 5) is 35.6. The van der Waals surface area contributed by atoms with E-state index in [-0.39, 0.29) is 116 Å². The molecular formula is C14H24K2NO5P. The van der Waals surface area contributed by atoms with E-state index in [1.165, 1.54) is 12.5 Å². The Kier molecular flexibility index (Phi) is 21.6. The van der Waals surface area contributed by atoms with E-state index in [4.69, 9.17) is 9.73 Å². The van der Waals surface area contributed by atoms with Crippen molar-refractivity contribution in [2.45, 2.75) is 52.6 Å². The Labute approximate surface area is 224 Å². The fraction of sp³-hybridized carbons (Fsp3) is 0.643. The third kappa shape index (κ3) is 16.2. The Balaban J connectivity index is -0.00000200. The molecule has 0 aliphatic carbocycles. The van der Waals surface area contributed by atoms with Crippen molar-refractivity contribution < 1.29 is 127 Å². The van der Waals surface area contributed by atoms with Crippen molar-refractivity contribution in [3.05, 3.63) is 23.3 Å². The van der Waals surface area contributed by atoms with E-state index < -0.39 is 19.5 Å². The first-order valence-corrected chi connectivity index (χ1v) is 8.52. The fourth-order valence-corrected chi connectivity index (χ4v) is 2.36. The fourth-order valence-electron chi connectivity index (χ4n) is 1.58. The van der Waals surface area contributed by atoms with Gasteiger partial charge >= 0.3 is 103 Å². The van der Waals surface area contributed by atoms with Gasteiger partial charge in [0.1, 0.15) is 12.3 Å². The number of oxime groups is 1. The van der Waals surface area contributed by atoms with Crippen molar-refractivity contribution in [3.63, 3.8) is 0 Å². The summed E-state index contributed by atoms with van der Waals surface area (Å²) < 4.78 is 0. The van der Waals surface area contributed by atoms with Gasteiger partial charge in [-0.1, -0.05) is 24.1 Å². The van der Waals surface area contributed by atoms with Gasteiger partial charge in [-0.05, 0) is 46.1 Å². The number of hydrogen-bond donors (Lipinski definition) is 1. The molecule has 0 rings (SSSR count). The molecule has 0 spiro atoms. The van der Waals surface area contributed by atoms with Gasteiger partial charge in [-0.15, -0.1) is 5.16 Å². The second-order valence-corrected chi connectivity index (χ2v) is 6.84. The molecule has 0 radical (unpaired) electrons. The van der Waals surface area contributed by atoms with Crippen molar-refractivity contribution >= 4 is 13.8 Å². The molecule has 0 saturated heterocycles. The van der Waals surface area contributed by atoms with Crippen LogP contribution in [0.2, 0.25) is 0 Å². The number of rotatable bonds is 9. The van der Waals surface area contributed by atoms with Crippen LogP contribution in [0.3, 0.4) is 0 Å². The van der Waals surface area contributed by atoms with E-state index in [1.54, 1.807) is 6.08 Å². The molecule has 1 unspecified atom stereocenters. The molecule has 1 N–H and O–H groups in total. The Bertz CT molecular complexity index is 404. The topological polar surface area (TPSA) is 111 Å². The SMILES string of the molecule is CCC(C([O-])=NOC/C=C(\C)CCC=C(C)C)[P+]([O-])([O-])O.[K+].[K+]. The monoisotopic (exact) mass is 395 g/mol. The molecule has 0 amide bonds. The van der Waals surface area contributed by atoms with Crippen LogP contribution in [0.15, 0.2) is 28.5 Å². The molecule has 0 fully saturated rings. The summed E-state index contributed by atoms with van der Waals surface area (Å²) in [5, 5.41) is 14.7. The largest absolute Gasteiger partial charge is 1.00 e. The predicted octanol–water partition coefficient (Wildman–Crippen LogP) is -5.37. The summed E-state index contributed by atoms with van der Waals surface area (Å²) in [6.45, 7) is 7.58. The second-order valence-electron chi connectivity index (χ2n) is 5.08. The third-order valence-electron chi connectivity index (χ3n) is 2.82. The van der Waals surface area contributed by atoms with Gasteiger partial charge in [0.05, 0.1) is 7.94 Å². The van der Waals surface area contributed by atoms with Crippen molar-refractivity contribution in [1.82, 2.24) is 0 Å². The van der Waals surface area contributed by atoms with E-state index >= 15 is 0 Å². The summed E-state index contributed by atoms with van der Waals surface area (Å²) in [6, 6.07) is 0. The van der Waals surface area contributed by atoms with E-state index in [9.17, 15) is 14.9 Å². The predicted molar refractivity (Wildman–Crippen MR) is 79.0 cm³/mol. The first-order valence-electron chi connectivity index (χ1n) is 6.87. The molecule has 122 valence electrons. The molecular weight excluding hydrogens is 371 g/mol. The molecule has 0 aromatic rings. The average molecular weight is 396 g/mol. The molecule has 9 heteroatoms. The zero-order valence-electron chi connectivity index (χ0n) is 15.0. The first-order chi connectivity index (χ1) is 9.68. The molecule has 0 aliphatic rings. The van der Waals surface area contributed by atoms with Crippen molar-refractivity contribution in [2.24, 2.45) is 5.16 Å². The molecule has 0 saturated carbocycles. The summed E-state index contributed by atoms with van der Waals surface area (Å²) in [6.07, 6.45) is 5.69. The van der Waals surface area contributed by atoms with Crippen LogP contribution in [0.4, 0.5) is 0 Å². The van der Waals surface area contributed by atoms with Crippen LogP contribution >= 0.6 is 7.94 Å². The van der Waals surface area contributed by atoms with Crippen molar-refractivity contribution in [2.75, 3.05) is 6.61 Å². The minimum Gasteiger partial charge on any atom is -0.857 e. The Hall–Kier alpha value is 2.33. The van der Waals surface area contributed by atoms with Crippen LogP contribution in [-0.2, 0) is 4.84 Å². The second kappa shape index (κ2) is 16.5. The van der Waals surface area contributed by atoms with Crippen LogP contribution in [0.25, 0.3) is 0 Å². The Morgan fingerprint density at radius 2 is 1.78 bits per heavy atom. The van der Waals surface area contributed by atoms with Crippen LogP contribution in [0, 0.1) is 0 Å². The maximum atomic E-state index is 11.5. The summed E-state index contributed by atoms with van der Waals surface area (Å²) >= 11 is 0. The Morgan fingerprint density at radius 1 is 1.22 bits per heavy atom. The summed E-state index contributed by atoms with van der Waals surface area (Å²) in [5.41, 5.74) is 0.829. The molecule has 0 aromatic heterocycles. The van der Waals surface area contributed by atoms with Gasteiger partial charge in [0, 0.05) is 5.90 Å². The summed E-state index contributed by atoms with van der Waals surface area (Å²) in [5.74, 6) is -0.978. The van der Waals surface area contributed by atoms with Gasteiger partial charge in [0.15, 0.2) is 0 Å². The molecule has 0 bridgehead atoms. The first kappa shape index (κ1) is 30.1. The van der Waals surface area contributed by atoms with Gasteiger partial charge in [0.25, 0.3) is 0 Å². The van der Waals surface area contributed by atoms with E-state index in [2.05, 4.69) is 11.2 Å². The van der Waals surface area contributed by atoms with Gasteiger partial charge in [0.2, 0.25) is 0 Å². The van der Waals surface area contributed by atoms with Crippen LogP contribution in [-0.4, -0.2) is 23.1 Å². The molecule has 1 atom stereocenters. The Morgan fingerprint density at radius 3 is 2.22 bits per heavy atom. The third-order valence-corrected chi connectivity index (χ3v) is 4.19. The van der Waals surface area contributed by atoms with Crippen molar-refractivity contribution in [1.29, 1.82) is 0 Å². The van der Waals surface area contributed by atoms with E-state index in [0.717, 1.165) is 18.4 Å². The van der Waals surface area contributed by atoms with Crippen LogP contribution in [0.1, 0.15) is 47.0 Å². The number of nitrogens with zero attached hydrogens (tertiary/aromatic N) is 1. The van der Waals surface area contributed by atoms with E-state index in [1.807, 2.05) is 20.8 Å². The minimum absolute atomic E-state index is 0. The van der Waals surface area contributed by atoms with Crippen molar-refractivity contribution in [3.8, 4) is 0 Å². The quantitative estimate of drug-likeness (QED) is 0.0797. The molecule has 0 aliphatic heterocycles. The normalized spacial score (nSPS) is 13.5. The van der Waals surface area contributed by atoms with Crippen LogP contribution < -0.4 is 118 Å². The molecule has 0 aromatic carbocycles. The summed E-state index contributed by atoms with van der Waals surface area (Å²) in [7, 11) is -4.72. The zero-order valence-corrected chi connectivity index (χ0v) is 22.2. The van der Waals surface area contributed by atoms with E-state index in [0.29, 0.717) is 0 Å². The maximum Gasteiger partial charge on any atom is 1.00 e. The number of allylic oxidation sites excluding steroid dienone is 3. The van der Waals surface area contributed by atoms with Gasteiger partial charge in [-0.2, -0.15) is 0 Å². The minimum atomic E-state index is -4.72. The standard InChI is InChI=1S/C14H26NO5P.2K/c1-5-13(21(17,18)19)14(16)15-20-10-9-12(4)8-6-7-11(2)3;;/h7,9,13H,5-6,8,10H2,1-4H3,(H,15,16)(H2,17,18,19);;/q;2*+1/p-2/b12-9+;;. The maximum absolute atomic E-state index is 11.5. The smallest absolute Gasteiger partial charge is 0.857 e. The van der Waals surface area contributed by atoms with Crippen LogP contribution in [0.5, 0.6) is 0 Å². The van der Waals surface area contributed by atoms with Gasteiger partial charge in [-0.25, -0.2) is 0 Å². The number of hydrogen-bond acceptors (Lipinski definition) is 6. The average Bonchev–Trinajstić information content (AvgIpc) is 2.33. The molecule has 23 heavy (non-hydrogen) atoms. The molecule has 0 heterocycles. The van der Waals surface area contributed by atoms with Gasteiger partial charge in [-0.3, -0.25) is 4.89 Å². The van der Waals surface area contributed by atoms with Gasteiger partial charge < -0.3 is 19.7 Å². The molecule has 6 nitrogen and oxygen atoms in total.